The largest absolute Gasteiger partial charge is 0.352 e. The minimum absolute atomic E-state index is 0.0325. The second kappa shape index (κ2) is 7.91. The van der Waals surface area contributed by atoms with E-state index in [-0.39, 0.29) is 18.5 Å². The first-order valence-electron chi connectivity index (χ1n) is 5.80. The van der Waals surface area contributed by atoms with E-state index in [1.807, 2.05) is 31.2 Å². The summed E-state index contributed by atoms with van der Waals surface area (Å²) in [6.45, 7) is 2.66. The van der Waals surface area contributed by atoms with Gasteiger partial charge < -0.3 is 5.32 Å². The van der Waals surface area contributed by atoms with Gasteiger partial charge in [0.2, 0.25) is 5.91 Å². The number of carbonyl (C=O) groups is 1. The number of carbonyl (C=O) groups excluding carboxylic acids is 1. The maximum Gasteiger partial charge on any atom is 0.234 e. The Morgan fingerprint density at radius 3 is 2.72 bits per heavy atom. The van der Waals surface area contributed by atoms with Gasteiger partial charge in [-0.3, -0.25) is 10.1 Å². The van der Waals surface area contributed by atoms with Crippen LogP contribution >= 0.6 is 15.9 Å². The monoisotopic (exact) mass is 308 g/mol. The van der Waals surface area contributed by atoms with Gasteiger partial charge in [-0.1, -0.05) is 34.0 Å². The molecule has 0 spiro atoms. The average molecular weight is 309 g/mol. The Hall–Kier alpha value is -1.31. The fourth-order valence-electron chi connectivity index (χ4n) is 1.60. The molecule has 0 aliphatic heterocycles. The summed E-state index contributed by atoms with van der Waals surface area (Å²) in [5, 5.41) is 5.78. The first-order valence-corrected chi connectivity index (χ1v) is 6.59. The molecule has 1 atom stereocenters. The SMILES string of the molecule is C#CCNCC(=O)NC(C)Cc1ccc(Br)cc1. The van der Waals surface area contributed by atoms with Gasteiger partial charge in [0.1, 0.15) is 0 Å². The molecular weight excluding hydrogens is 292 g/mol. The molecule has 0 saturated carbocycles. The molecule has 3 nitrogen and oxygen atoms in total. The lowest BCUT2D eigenvalue weighted by Crippen LogP contribution is -2.40. The third-order valence-electron chi connectivity index (χ3n) is 2.38. The van der Waals surface area contributed by atoms with Crippen molar-refractivity contribution in [2.45, 2.75) is 19.4 Å². The third-order valence-corrected chi connectivity index (χ3v) is 2.90. The van der Waals surface area contributed by atoms with Crippen molar-refractivity contribution in [3.63, 3.8) is 0 Å². The summed E-state index contributed by atoms with van der Waals surface area (Å²) in [5.41, 5.74) is 1.20. The molecule has 1 aromatic rings. The van der Waals surface area contributed by atoms with Crippen LogP contribution in [0.25, 0.3) is 0 Å². The fourth-order valence-corrected chi connectivity index (χ4v) is 1.86. The van der Waals surface area contributed by atoms with Gasteiger partial charge in [-0.05, 0) is 31.0 Å². The number of terminal acetylenes is 1. The highest BCUT2D eigenvalue weighted by Crippen LogP contribution is 2.11. The Bertz CT molecular complexity index is 422. The van der Waals surface area contributed by atoms with Gasteiger partial charge in [-0.25, -0.2) is 0 Å². The maximum absolute atomic E-state index is 11.5. The van der Waals surface area contributed by atoms with Crippen LogP contribution in [0.3, 0.4) is 0 Å². The number of hydrogen-bond donors (Lipinski definition) is 2. The molecule has 96 valence electrons. The summed E-state index contributed by atoms with van der Waals surface area (Å²) in [6.07, 6.45) is 5.90. The van der Waals surface area contributed by atoms with E-state index in [4.69, 9.17) is 6.42 Å². The van der Waals surface area contributed by atoms with Crippen LogP contribution in [0.2, 0.25) is 0 Å². The molecule has 0 radical (unpaired) electrons. The highest BCUT2D eigenvalue weighted by Gasteiger charge is 2.07. The molecule has 0 saturated heterocycles. The van der Waals surface area contributed by atoms with E-state index in [9.17, 15) is 4.79 Å². The molecule has 18 heavy (non-hydrogen) atoms. The molecule has 1 amide bonds. The normalized spacial score (nSPS) is 11.6. The third kappa shape index (κ3) is 5.85. The van der Waals surface area contributed by atoms with Crippen LogP contribution in [0.15, 0.2) is 28.7 Å². The standard InChI is InChI=1S/C14H17BrN2O/c1-3-8-16-10-14(18)17-11(2)9-12-4-6-13(15)7-5-12/h1,4-7,11,16H,8-10H2,2H3,(H,17,18). The zero-order valence-corrected chi connectivity index (χ0v) is 12.0. The lowest BCUT2D eigenvalue weighted by atomic mass is 10.1. The van der Waals surface area contributed by atoms with Crippen LogP contribution < -0.4 is 10.6 Å². The van der Waals surface area contributed by atoms with E-state index in [0.29, 0.717) is 6.54 Å². The fraction of sp³-hybridized carbons (Fsp3) is 0.357. The molecule has 1 unspecified atom stereocenters. The Kier molecular flexibility index (Phi) is 6.48. The highest BCUT2D eigenvalue weighted by molar-refractivity contribution is 9.10. The summed E-state index contributed by atoms with van der Waals surface area (Å²) in [4.78, 5) is 11.5. The van der Waals surface area contributed by atoms with Crippen molar-refractivity contribution >= 4 is 21.8 Å². The predicted octanol–water partition coefficient (Wildman–Crippen LogP) is 1.72. The second-order valence-corrected chi connectivity index (χ2v) is 5.02. The van der Waals surface area contributed by atoms with Gasteiger partial charge in [0, 0.05) is 10.5 Å². The summed E-state index contributed by atoms with van der Waals surface area (Å²) >= 11 is 3.39. The van der Waals surface area contributed by atoms with Crippen LogP contribution in [0, 0.1) is 12.3 Å². The lowest BCUT2D eigenvalue weighted by molar-refractivity contribution is -0.120. The summed E-state index contributed by atoms with van der Waals surface area (Å²) in [5.74, 6) is 2.39. The predicted molar refractivity (Wildman–Crippen MR) is 77.2 cm³/mol. The number of amides is 1. The van der Waals surface area contributed by atoms with Crippen molar-refractivity contribution in [1.82, 2.24) is 10.6 Å². The van der Waals surface area contributed by atoms with Crippen LogP contribution in [-0.2, 0) is 11.2 Å². The number of nitrogens with one attached hydrogen (secondary N) is 2. The molecule has 2 N–H and O–H groups in total. The Labute approximate surface area is 116 Å². The maximum atomic E-state index is 11.5. The lowest BCUT2D eigenvalue weighted by Gasteiger charge is -2.14. The molecule has 0 fully saturated rings. The first-order chi connectivity index (χ1) is 8.61. The van der Waals surface area contributed by atoms with Gasteiger partial charge in [0.15, 0.2) is 0 Å². The first kappa shape index (κ1) is 14.7. The summed E-state index contributed by atoms with van der Waals surface area (Å²) in [6, 6.07) is 8.19. The van der Waals surface area contributed by atoms with E-state index in [1.165, 1.54) is 5.56 Å². The topological polar surface area (TPSA) is 41.1 Å². The van der Waals surface area contributed by atoms with Gasteiger partial charge in [-0.2, -0.15) is 0 Å². The van der Waals surface area contributed by atoms with Crippen LogP contribution in [0.5, 0.6) is 0 Å². The Balaban J connectivity index is 2.33. The number of halogens is 1. The van der Waals surface area contributed by atoms with Crippen molar-refractivity contribution in [2.75, 3.05) is 13.1 Å². The van der Waals surface area contributed by atoms with Crippen molar-refractivity contribution in [3.8, 4) is 12.3 Å². The number of benzene rings is 1. The van der Waals surface area contributed by atoms with Crippen LogP contribution in [0.1, 0.15) is 12.5 Å². The smallest absolute Gasteiger partial charge is 0.234 e. The van der Waals surface area contributed by atoms with Crippen molar-refractivity contribution in [1.29, 1.82) is 0 Å². The zero-order valence-electron chi connectivity index (χ0n) is 10.4. The number of hydrogen-bond acceptors (Lipinski definition) is 2. The zero-order chi connectivity index (χ0) is 13.4. The Morgan fingerprint density at radius 1 is 1.44 bits per heavy atom. The van der Waals surface area contributed by atoms with E-state index in [2.05, 4.69) is 32.5 Å². The minimum Gasteiger partial charge on any atom is -0.352 e. The molecule has 0 aromatic heterocycles. The van der Waals surface area contributed by atoms with Gasteiger partial charge in [0.25, 0.3) is 0 Å². The molecule has 4 heteroatoms. The molecule has 0 aliphatic carbocycles. The Morgan fingerprint density at radius 2 is 2.11 bits per heavy atom. The van der Waals surface area contributed by atoms with Gasteiger partial charge in [-0.15, -0.1) is 6.42 Å². The number of rotatable bonds is 6. The summed E-state index contributed by atoms with van der Waals surface area (Å²) < 4.78 is 1.06. The van der Waals surface area contributed by atoms with Crippen molar-refractivity contribution in [2.24, 2.45) is 0 Å². The molecule has 0 heterocycles. The molecule has 0 bridgehead atoms. The van der Waals surface area contributed by atoms with E-state index < -0.39 is 0 Å². The molecule has 1 rings (SSSR count). The second-order valence-electron chi connectivity index (χ2n) is 4.11. The molecular formula is C14H17BrN2O. The van der Waals surface area contributed by atoms with E-state index >= 15 is 0 Å². The van der Waals surface area contributed by atoms with Gasteiger partial charge in [0.05, 0.1) is 13.1 Å². The minimum atomic E-state index is -0.0325. The van der Waals surface area contributed by atoms with Crippen LogP contribution in [-0.4, -0.2) is 25.0 Å². The van der Waals surface area contributed by atoms with Crippen molar-refractivity contribution in [3.05, 3.63) is 34.3 Å². The van der Waals surface area contributed by atoms with E-state index in [1.54, 1.807) is 0 Å². The van der Waals surface area contributed by atoms with Crippen LogP contribution in [0.4, 0.5) is 0 Å². The molecule has 1 aromatic carbocycles. The highest BCUT2D eigenvalue weighted by atomic mass is 79.9. The quantitative estimate of drug-likeness (QED) is 0.620. The van der Waals surface area contributed by atoms with Crippen molar-refractivity contribution < 1.29 is 4.79 Å². The van der Waals surface area contributed by atoms with Gasteiger partial charge >= 0.3 is 0 Å². The average Bonchev–Trinajstić information content (AvgIpc) is 2.32. The molecule has 0 aliphatic rings. The van der Waals surface area contributed by atoms with E-state index in [0.717, 1.165) is 10.9 Å². The summed E-state index contributed by atoms with van der Waals surface area (Å²) in [7, 11) is 0.